The van der Waals surface area contributed by atoms with Crippen LogP contribution < -0.4 is 0 Å². The zero-order valence-corrected chi connectivity index (χ0v) is 10.1. The highest BCUT2D eigenvalue weighted by Crippen LogP contribution is 2.25. The number of esters is 1. The Bertz CT molecular complexity index is 551. The molecule has 0 fully saturated rings. The molecule has 19 heavy (non-hydrogen) atoms. The summed E-state index contributed by atoms with van der Waals surface area (Å²) in [5.41, 5.74) is 9.98. The predicted octanol–water partition coefficient (Wildman–Crippen LogP) is 2.62. The molecular formula is C15H12N2O2. The van der Waals surface area contributed by atoms with Crippen molar-refractivity contribution in [1.82, 2.24) is 0 Å². The van der Waals surface area contributed by atoms with Crippen molar-refractivity contribution in [3.63, 3.8) is 0 Å². The fraction of sp³-hybridized carbons (Fsp3) is 0.0667. The van der Waals surface area contributed by atoms with Gasteiger partial charge in [-0.05, 0) is 11.1 Å². The van der Waals surface area contributed by atoms with Crippen molar-refractivity contribution < 1.29 is 14.3 Å². The summed E-state index contributed by atoms with van der Waals surface area (Å²) in [6.45, 7) is 0. The molecule has 0 atom stereocenters. The molecule has 0 saturated heterocycles. The van der Waals surface area contributed by atoms with E-state index in [0.29, 0.717) is 0 Å². The highest BCUT2D eigenvalue weighted by atomic mass is 16.5. The lowest BCUT2D eigenvalue weighted by Crippen LogP contribution is -2.16. The number of carbonyl (C=O) groups excluding carboxylic acids is 1. The van der Waals surface area contributed by atoms with E-state index in [4.69, 9.17) is 10.3 Å². The summed E-state index contributed by atoms with van der Waals surface area (Å²) < 4.78 is 4.78. The van der Waals surface area contributed by atoms with E-state index in [9.17, 15) is 4.79 Å². The topological polar surface area (TPSA) is 62.7 Å². The second kappa shape index (κ2) is 6.28. The number of benzene rings is 2. The Morgan fingerprint density at radius 3 is 1.89 bits per heavy atom. The third-order valence-corrected chi connectivity index (χ3v) is 2.72. The SMILES string of the molecule is [N-]=[N+]=COC(=O)C(c1ccccc1)c1ccccc1. The number of rotatable bonds is 4. The summed E-state index contributed by atoms with van der Waals surface area (Å²) in [6, 6.07) is 18.6. The number of hydrogen-bond acceptors (Lipinski definition) is 2. The summed E-state index contributed by atoms with van der Waals surface area (Å²) in [5, 5.41) is 0. The minimum atomic E-state index is -0.541. The van der Waals surface area contributed by atoms with Crippen molar-refractivity contribution in [2.75, 3.05) is 0 Å². The number of carbonyl (C=O) groups is 1. The summed E-state index contributed by atoms with van der Waals surface area (Å²) >= 11 is 0. The smallest absolute Gasteiger partial charge is 0.364 e. The largest absolute Gasteiger partial charge is 0.446 e. The minimum absolute atomic E-state index is 0.491. The van der Waals surface area contributed by atoms with Gasteiger partial charge in [0.1, 0.15) is 5.92 Å². The van der Waals surface area contributed by atoms with Crippen LogP contribution in [0.15, 0.2) is 60.7 Å². The van der Waals surface area contributed by atoms with Crippen LogP contribution >= 0.6 is 0 Å². The fourth-order valence-corrected chi connectivity index (χ4v) is 1.90. The van der Waals surface area contributed by atoms with Gasteiger partial charge in [0, 0.05) is 0 Å². The Kier molecular flexibility index (Phi) is 4.21. The summed E-state index contributed by atoms with van der Waals surface area (Å²) in [4.78, 5) is 14.8. The lowest BCUT2D eigenvalue weighted by Gasteiger charge is -2.14. The third-order valence-electron chi connectivity index (χ3n) is 2.72. The van der Waals surface area contributed by atoms with Gasteiger partial charge in [0.25, 0.3) is 0 Å². The molecule has 0 saturated carbocycles. The first-order chi connectivity index (χ1) is 9.33. The molecule has 2 aromatic carbocycles. The molecule has 0 N–H and O–H groups in total. The Hall–Kier alpha value is -2.71. The lowest BCUT2D eigenvalue weighted by molar-refractivity contribution is -0.139. The van der Waals surface area contributed by atoms with E-state index in [1.165, 1.54) is 0 Å². The molecule has 94 valence electrons. The second-order valence-electron chi connectivity index (χ2n) is 3.91. The van der Waals surface area contributed by atoms with Crippen LogP contribution in [-0.2, 0) is 9.53 Å². The van der Waals surface area contributed by atoms with Crippen molar-refractivity contribution in [1.29, 1.82) is 0 Å². The van der Waals surface area contributed by atoms with Gasteiger partial charge in [-0.2, -0.15) is 0 Å². The first-order valence-electron chi connectivity index (χ1n) is 5.79. The van der Waals surface area contributed by atoms with Crippen LogP contribution in [0.2, 0.25) is 0 Å². The maximum absolute atomic E-state index is 12.1. The van der Waals surface area contributed by atoms with Gasteiger partial charge in [0.15, 0.2) is 0 Å². The number of nitrogens with zero attached hydrogens (tertiary/aromatic N) is 2. The normalized spacial score (nSPS) is 9.74. The first kappa shape index (κ1) is 12.7. The molecule has 0 heterocycles. The minimum Gasteiger partial charge on any atom is -0.364 e. The van der Waals surface area contributed by atoms with Gasteiger partial charge in [0.05, 0.1) is 0 Å². The van der Waals surface area contributed by atoms with E-state index >= 15 is 0 Å². The Morgan fingerprint density at radius 2 is 1.47 bits per heavy atom. The van der Waals surface area contributed by atoms with Gasteiger partial charge in [-0.25, -0.2) is 0 Å². The zero-order chi connectivity index (χ0) is 13.5. The van der Waals surface area contributed by atoms with Crippen molar-refractivity contribution >= 4 is 12.4 Å². The highest BCUT2D eigenvalue weighted by Gasteiger charge is 2.24. The average molecular weight is 252 g/mol. The summed E-state index contributed by atoms with van der Waals surface area (Å²) in [5.74, 6) is -1.03. The molecule has 0 spiro atoms. The first-order valence-corrected chi connectivity index (χ1v) is 5.79. The molecule has 2 rings (SSSR count). The van der Waals surface area contributed by atoms with Gasteiger partial charge in [-0.1, -0.05) is 60.7 Å². The van der Waals surface area contributed by atoms with Crippen LogP contribution in [0.3, 0.4) is 0 Å². The molecule has 0 unspecified atom stereocenters. The van der Waals surface area contributed by atoms with Crippen LogP contribution in [0.5, 0.6) is 0 Å². The molecule has 0 radical (unpaired) electrons. The molecule has 0 bridgehead atoms. The van der Waals surface area contributed by atoms with E-state index in [2.05, 4.69) is 4.79 Å². The fourth-order valence-electron chi connectivity index (χ4n) is 1.90. The lowest BCUT2D eigenvalue weighted by atomic mass is 9.91. The molecule has 2 aromatic rings. The molecule has 4 heteroatoms. The molecule has 0 aromatic heterocycles. The molecule has 0 aliphatic rings. The Labute approximate surface area is 110 Å². The molecule has 0 amide bonds. The number of ether oxygens (including phenoxy) is 1. The predicted molar refractivity (Wildman–Crippen MR) is 70.5 cm³/mol. The van der Waals surface area contributed by atoms with E-state index in [0.717, 1.165) is 17.5 Å². The van der Waals surface area contributed by atoms with E-state index < -0.39 is 11.9 Å². The molecule has 4 nitrogen and oxygen atoms in total. The van der Waals surface area contributed by atoms with Gasteiger partial charge < -0.3 is 10.3 Å². The van der Waals surface area contributed by atoms with Crippen LogP contribution in [0.25, 0.3) is 5.53 Å². The van der Waals surface area contributed by atoms with Crippen molar-refractivity contribution in [3.05, 3.63) is 77.3 Å². The van der Waals surface area contributed by atoms with E-state index in [1.54, 1.807) is 0 Å². The van der Waals surface area contributed by atoms with Crippen molar-refractivity contribution in [2.24, 2.45) is 0 Å². The number of hydrogen-bond donors (Lipinski definition) is 0. The quantitative estimate of drug-likeness (QED) is 0.276. The summed E-state index contributed by atoms with van der Waals surface area (Å²) in [7, 11) is 0. The molecular weight excluding hydrogens is 240 g/mol. The van der Waals surface area contributed by atoms with Crippen LogP contribution in [0.4, 0.5) is 0 Å². The maximum atomic E-state index is 12.1. The van der Waals surface area contributed by atoms with Crippen molar-refractivity contribution in [3.8, 4) is 0 Å². The van der Waals surface area contributed by atoms with Crippen LogP contribution in [0, 0.1) is 0 Å². The van der Waals surface area contributed by atoms with E-state index in [1.807, 2.05) is 60.7 Å². The maximum Gasteiger partial charge on any atom is 0.446 e. The van der Waals surface area contributed by atoms with Crippen LogP contribution in [-0.4, -0.2) is 17.2 Å². The van der Waals surface area contributed by atoms with Gasteiger partial charge in [0.2, 0.25) is 0 Å². The van der Waals surface area contributed by atoms with Crippen molar-refractivity contribution in [2.45, 2.75) is 5.92 Å². The summed E-state index contributed by atoms with van der Waals surface area (Å²) in [6.07, 6.45) is 0.723. The third kappa shape index (κ3) is 3.15. The van der Waals surface area contributed by atoms with Crippen LogP contribution in [0.1, 0.15) is 17.0 Å². The van der Waals surface area contributed by atoms with Gasteiger partial charge in [-0.15, -0.1) is 4.79 Å². The van der Waals surface area contributed by atoms with Gasteiger partial charge >= 0.3 is 12.4 Å². The Morgan fingerprint density at radius 1 is 1.00 bits per heavy atom. The molecule has 0 aliphatic carbocycles. The standard InChI is InChI=1S/C15H12N2O2/c16-17-11-19-15(18)14(12-7-3-1-4-8-12)13-9-5-2-6-10-13/h1-11,14H. The van der Waals surface area contributed by atoms with E-state index in [-0.39, 0.29) is 0 Å². The second-order valence-corrected chi connectivity index (χ2v) is 3.91. The molecule has 0 aliphatic heterocycles. The monoisotopic (exact) mass is 252 g/mol. The zero-order valence-electron chi connectivity index (χ0n) is 10.1. The highest BCUT2D eigenvalue weighted by molar-refractivity contribution is 5.86. The van der Waals surface area contributed by atoms with Gasteiger partial charge in [-0.3, -0.25) is 4.79 Å². The average Bonchev–Trinajstić information content (AvgIpc) is 2.47. The Balaban J connectivity index is 2.39.